The zero-order chi connectivity index (χ0) is 18.9. The van der Waals surface area contributed by atoms with Gasteiger partial charge in [-0.3, -0.25) is 4.79 Å². The van der Waals surface area contributed by atoms with Crippen molar-refractivity contribution in [2.75, 3.05) is 20.8 Å². The van der Waals surface area contributed by atoms with Crippen molar-refractivity contribution in [2.45, 2.75) is 13.5 Å². The summed E-state index contributed by atoms with van der Waals surface area (Å²) in [5, 5.41) is 6.94. The van der Waals surface area contributed by atoms with Crippen LogP contribution in [0.25, 0.3) is 0 Å². The molecule has 0 saturated heterocycles. The second-order valence-electron chi connectivity index (χ2n) is 5.51. The molecule has 2 aromatic carbocycles. The first-order valence-electron chi connectivity index (χ1n) is 7.92. The normalized spacial score (nSPS) is 10.6. The Bertz CT molecular complexity index is 776. The highest BCUT2D eigenvalue weighted by atomic mass is 35.5. The second kappa shape index (κ2) is 9.68. The van der Waals surface area contributed by atoms with Gasteiger partial charge in [0.05, 0.1) is 25.5 Å². The number of carbonyl (C=O) groups is 1. The lowest BCUT2D eigenvalue weighted by molar-refractivity contribution is -0.125. The molecule has 1 amide bonds. The predicted octanol–water partition coefficient (Wildman–Crippen LogP) is 3.33. The summed E-state index contributed by atoms with van der Waals surface area (Å²) in [6.45, 7) is 2.28. The van der Waals surface area contributed by atoms with Gasteiger partial charge in [-0.05, 0) is 24.6 Å². The first kappa shape index (κ1) is 19.6. The molecule has 6 nitrogen and oxygen atoms in total. The Morgan fingerprint density at radius 3 is 2.58 bits per heavy atom. The Balaban J connectivity index is 1.82. The minimum atomic E-state index is -0.256. The Morgan fingerprint density at radius 2 is 1.92 bits per heavy atom. The zero-order valence-corrected chi connectivity index (χ0v) is 15.7. The second-order valence-corrected chi connectivity index (χ2v) is 5.92. The molecule has 0 saturated carbocycles. The monoisotopic (exact) mass is 376 g/mol. The number of aryl methyl sites for hydroxylation is 1. The molecule has 26 heavy (non-hydrogen) atoms. The van der Waals surface area contributed by atoms with Gasteiger partial charge in [0.25, 0.3) is 5.91 Å². The van der Waals surface area contributed by atoms with Crippen molar-refractivity contribution in [3.05, 3.63) is 58.1 Å². The summed E-state index contributed by atoms with van der Waals surface area (Å²) in [5.41, 5.74) is 2.85. The lowest BCUT2D eigenvalue weighted by atomic mass is 10.1. The van der Waals surface area contributed by atoms with Crippen LogP contribution in [0.4, 0.5) is 0 Å². The number of nitrogens with one attached hydrogen (secondary N) is 1. The molecule has 0 aromatic heterocycles. The van der Waals surface area contributed by atoms with Crippen molar-refractivity contribution in [2.24, 2.45) is 5.16 Å². The van der Waals surface area contributed by atoms with E-state index in [9.17, 15) is 4.79 Å². The molecule has 0 aliphatic rings. The first-order chi connectivity index (χ1) is 12.5. The largest absolute Gasteiger partial charge is 0.493 e. The number of methoxy groups -OCH3 is 2. The fourth-order valence-electron chi connectivity index (χ4n) is 2.16. The number of ether oxygens (including phenoxy) is 2. The maximum atomic E-state index is 11.8. The fourth-order valence-corrected chi connectivity index (χ4v) is 2.46. The number of nitrogens with zero attached hydrogens (tertiary/aromatic N) is 1. The molecule has 0 spiro atoms. The summed E-state index contributed by atoms with van der Waals surface area (Å²) in [5.74, 6) is 0.674. The standard InChI is InChI=1S/C19H21ClN2O4/c1-13-4-6-14(7-5-13)10-21-18(23)12-26-22-11-15-8-16(20)19(25-3)17(9-15)24-2/h4-9,11H,10,12H2,1-3H3,(H,21,23)/b22-11+. The van der Waals surface area contributed by atoms with E-state index in [0.29, 0.717) is 28.6 Å². The van der Waals surface area contributed by atoms with Gasteiger partial charge >= 0.3 is 0 Å². The molecule has 0 heterocycles. The highest BCUT2D eigenvalue weighted by Gasteiger charge is 2.10. The molecule has 2 aromatic rings. The van der Waals surface area contributed by atoms with Crippen LogP contribution in [0.1, 0.15) is 16.7 Å². The van der Waals surface area contributed by atoms with Gasteiger partial charge in [0.2, 0.25) is 0 Å². The van der Waals surface area contributed by atoms with Crippen molar-refractivity contribution in [3.8, 4) is 11.5 Å². The molecule has 0 fully saturated rings. The first-order valence-corrected chi connectivity index (χ1v) is 8.30. The number of halogens is 1. The van der Waals surface area contributed by atoms with E-state index in [-0.39, 0.29) is 12.5 Å². The number of amides is 1. The molecule has 7 heteroatoms. The third-order valence-electron chi connectivity index (χ3n) is 3.54. The van der Waals surface area contributed by atoms with E-state index in [1.54, 1.807) is 12.1 Å². The minimum absolute atomic E-state index is 0.177. The number of rotatable bonds is 8. The lowest BCUT2D eigenvalue weighted by Gasteiger charge is -2.09. The van der Waals surface area contributed by atoms with Crippen LogP contribution in [0.3, 0.4) is 0 Å². The average Bonchev–Trinajstić information content (AvgIpc) is 2.64. The van der Waals surface area contributed by atoms with Crippen LogP contribution in [0.15, 0.2) is 41.6 Å². The van der Waals surface area contributed by atoms with E-state index in [1.807, 2.05) is 31.2 Å². The molecule has 0 atom stereocenters. The maximum Gasteiger partial charge on any atom is 0.261 e. The van der Waals surface area contributed by atoms with E-state index in [2.05, 4.69) is 10.5 Å². The van der Waals surface area contributed by atoms with Crippen LogP contribution in [0.5, 0.6) is 11.5 Å². The predicted molar refractivity (Wildman–Crippen MR) is 101 cm³/mol. The van der Waals surface area contributed by atoms with Gasteiger partial charge in [-0.15, -0.1) is 0 Å². The van der Waals surface area contributed by atoms with E-state index in [0.717, 1.165) is 5.56 Å². The number of benzene rings is 2. The van der Waals surface area contributed by atoms with Crippen LogP contribution in [0, 0.1) is 6.92 Å². The summed E-state index contributed by atoms with van der Waals surface area (Å²) in [4.78, 5) is 16.8. The zero-order valence-electron chi connectivity index (χ0n) is 14.9. The summed E-state index contributed by atoms with van der Waals surface area (Å²) in [6.07, 6.45) is 1.45. The lowest BCUT2D eigenvalue weighted by Crippen LogP contribution is -2.26. The maximum absolute atomic E-state index is 11.8. The van der Waals surface area contributed by atoms with E-state index < -0.39 is 0 Å². The van der Waals surface area contributed by atoms with Gasteiger partial charge in [0.15, 0.2) is 18.1 Å². The minimum Gasteiger partial charge on any atom is -0.493 e. The molecule has 0 aliphatic carbocycles. The Morgan fingerprint density at radius 1 is 1.19 bits per heavy atom. The van der Waals surface area contributed by atoms with Crippen molar-refractivity contribution in [3.63, 3.8) is 0 Å². The molecule has 0 radical (unpaired) electrons. The summed E-state index contributed by atoms with van der Waals surface area (Å²) < 4.78 is 10.4. The van der Waals surface area contributed by atoms with Gasteiger partial charge in [0.1, 0.15) is 0 Å². The van der Waals surface area contributed by atoms with Gasteiger partial charge in [-0.1, -0.05) is 46.6 Å². The highest BCUT2D eigenvalue weighted by Crippen LogP contribution is 2.35. The average molecular weight is 377 g/mol. The number of oxime groups is 1. The van der Waals surface area contributed by atoms with Crippen molar-refractivity contribution in [1.82, 2.24) is 5.32 Å². The Hall–Kier alpha value is -2.73. The van der Waals surface area contributed by atoms with Crippen molar-refractivity contribution in [1.29, 1.82) is 0 Å². The third kappa shape index (κ3) is 5.67. The summed E-state index contributed by atoms with van der Waals surface area (Å²) in [7, 11) is 3.03. The quantitative estimate of drug-likeness (QED) is 0.566. The van der Waals surface area contributed by atoms with Crippen LogP contribution in [0.2, 0.25) is 5.02 Å². The number of hydrogen-bond donors (Lipinski definition) is 1. The van der Waals surface area contributed by atoms with Gasteiger partial charge in [-0.2, -0.15) is 0 Å². The Kier molecular flexibility index (Phi) is 7.29. The molecular formula is C19H21ClN2O4. The summed E-state index contributed by atoms with van der Waals surface area (Å²) >= 11 is 6.11. The van der Waals surface area contributed by atoms with Crippen molar-refractivity contribution >= 4 is 23.7 Å². The van der Waals surface area contributed by atoms with Crippen molar-refractivity contribution < 1.29 is 19.1 Å². The van der Waals surface area contributed by atoms with Gasteiger partial charge in [-0.25, -0.2) is 0 Å². The topological polar surface area (TPSA) is 69.2 Å². The smallest absolute Gasteiger partial charge is 0.261 e. The molecule has 138 valence electrons. The molecule has 1 N–H and O–H groups in total. The van der Waals surface area contributed by atoms with Crippen LogP contribution < -0.4 is 14.8 Å². The van der Waals surface area contributed by atoms with Gasteiger partial charge in [0, 0.05) is 12.1 Å². The van der Waals surface area contributed by atoms with E-state index in [4.69, 9.17) is 25.9 Å². The summed E-state index contributed by atoms with van der Waals surface area (Å²) in [6, 6.07) is 11.3. The molecule has 0 unspecified atom stereocenters. The number of carbonyl (C=O) groups excluding carboxylic acids is 1. The molecule has 0 aliphatic heterocycles. The van der Waals surface area contributed by atoms with Crippen LogP contribution in [-0.4, -0.2) is 32.9 Å². The molecular weight excluding hydrogens is 356 g/mol. The molecule has 2 rings (SSSR count). The van der Waals surface area contributed by atoms with E-state index >= 15 is 0 Å². The molecule has 0 bridgehead atoms. The highest BCUT2D eigenvalue weighted by molar-refractivity contribution is 6.32. The van der Waals surface area contributed by atoms with Gasteiger partial charge < -0.3 is 19.6 Å². The third-order valence-corrected chi connectivity index (χ3v) is 3.82. The van der Waals surface area contributed by atoms with E-state index in [1.165, 1.54) is 26.0 Å². The Labute approximate surface area is 157 Å². The number of hydrogen-bond acceptors (Lipinski definition) is 5. The SMILES string of the molecule is COc1cc(/C=N/OCC(=O)NCc2ccc(C)cc2)cc(Cl)c1OC. The van der Waals surface area contributed by atoms with Crippen LogP contribution in [-0.2, 0) is 16.2 Å². The van der Waals surface area contributed by atoms with Crippen LogP contribution >= 0.6 is 11.6 Å². The fraction of sp³-hybridized carbons (Fsp3) is 0.263.